The van der Waals surface area contributed by atoms with E-state index < -0.39 is 0 Å². The number of benzene rings is 1. The second-order valence-electron chi connectivity index (χ2n) is 5.57. The zero-order valence-corrected chi connectivity index (χ0v) is 14.5. The van der Waals surface area contributed by atoms with E-state index in [-0.39, 0.29) is 0 Å². The van der Waals surface area contributed by atoms with E-state index in [2.05, 4.69) is 29.6 Å². The van der Waals surface area contributed by atoms with Gasteiger partial charge in [0.15, 0.2) is 0 Å². The van der Waals surface area contributed by atoms with Crippen LogP contribution in [0.3, 0.4) is 0 Å². The summed E-state index contributed by atoms with van der Waals surface area (Å²) in [7, 11) is 0. The summed E-state index contributed by atoms with van der Waals surface area (Å²) in [6.07, 6.45) is 6.54. The number of ether oxygens (including phenoxy) is 1. The smallest absolute Gasteiger partial charge is 0.120 e. The molecule has 0 bridgehead atoms. The first kappa shape index (κ1) is 16.9. The fourth-order valence-electron chi connectivity index (χ4n) is 2.38. The highest BCUT2D eigenvalue weighted by Crippen LogP contribution is 2.24. The van der Waals surface area contributed by atoms with E-state index in [1.165, 1.54) is 12.8 Å². The third-order valence-electron chi connectivity index (χ3n) is 3.77. The molecule has 3 nitrogen and oxygen atoms in total. The second-order valence-corrected chi connectivity index (χ2v) is 5.98. The van der Waals surface area contributed by atoms with Crippen molar-refractivity contribution in [2.75, 3.05) is 6.61 Å². The van der Waals surface area contributed by atoms with Crippen molar-refractivity contribution in [2.24, 2.45) is 0 Å². The predicted molar refractivity (Wildman–Crippen MR) is 91.9 cm³/mol. The van der Waals surface area contributed by atoms with Gasteiger partial charge in [-0.3, -0.25) is 0 Å². The molecule has 0 saturated heterocycles. The minimum Gasteiger partial charge on any atom is -0.494 e. The lowest BCUT2D eigenvalue weighted by atomic mass is 10.2. The summed E-state index contributed by atoms with van der Waals surface area (Å²) in [5, 5.41) is 0.749. The van der Waals surface area contributed by atoms with E-state index in [4.69, 9.17) is 16.3 Å². The summed E-state index contributed by atoms with van der Waals surface area (Å²) in [4.78, 5) is 4.53. The van der Waals surface area contributed by atoms with Crippen LogP contribution in [0.4, 0.5) is 0 Å². The third-order valence-corrected chi connectivity index (χ3v) is 4.12. The van der Waals surface area contributed by atoms with Gasteiger partial charge in [0.1, 0.15) is 11.6 Å². The molecule has 1 aromatic carbocycles. The summed E-state index contributed by atoms with van der Waals surface area (Å²) in [6.45, 7) is 7.83. The molecule has 2 rings (SSSR count). The zero-order valence-electron chi connectivity index (χ0n) is 13.7. The van der Waals surface area contributed by atoms with Gasteiger partial charge < -0.3 is 9.30 Å². The molecule has 1 aromatic heterocycles. The Morgan fingerprint density at radius 3 is 2.68 bits per heavy atom. The zero-order chi connectivity index (χ0) is 15.9. The summed E-state index contributed by atoms with van der Waals surface area (Å²) in [6, 6.07) is 5.96. The van der Waals surface area contributed by atoms with Gasteiger partial charge in [-0.1, -0.05) is 44.4 Å². The van der Waals surface area contributed by atoms with Crippen LogP contribution in [0.2, 0.25) is 5.02 Å². The second kappa shape index (κ2) is 8.23. The first-order valence-corrected chi connectivity index (χ1v) is 8.45. The molecule has 0 aliphatic heterocycles. The molecule has 0 atom stereocenters. The molecule has 1 heterocycles. The Balaban J connectivity index is 2.01. The van der Waals surface area contributed by atoms with Gasteiger partial charge in [0.05, 0.1) is 18.8 Å². The molecular formula is C18H25ClN2O. The highest BCUT2D eigenvalue weighted by molar-refractivity contribution is 6.31. The maximum Gasteiger partial charge on any atom is 0.120 e. The molecule has 0 aliphatic carbocycles. The van der Waals surface area contributed by atoms with Gasteiger partial charge in [-0.05, 0) is 37.5 Å². The lowest BCUT2D eigenvalue weighted by Gasteiger charge is -2.10. The highest BCUT2D eigenvalue weighted by atomic mass is 35.5. The van der Waals surface area contributed by atoms with Crippen LogP contribution in [0.15, 0.2) is 24.4 Å². The van der Waals surface area contributed by atoms with Crippen molar-refractivity contribution in [1.29, 1.82) is 0 Å². The Labute approximate surface area is 138 Å². The Hall–Kier alpha value is -1.48. The molecule has 0 fully saturated rings. The van der Waals surface area contributed by atoms with Crippen LogP contribution in [0.1, 0.15) is 50.2 Å². The summed E-state index contributed by atoms with van der Waals surface area (Å²) in [5.74, 6) is 1.87. The molecule has 2 aromatic rings. The third kappa shape index (κ3) is 4.51. The van der Waals surface area contributed by atoms with Crippen molar-refractivity contribution in [3.05, 3.63) is 46.5 Å². The minimum atomic E-state index is 0.744. The summed E-state index contributed by atoms with van der Waals surface area (Å²) in [5.41, 5.74) is 2.20. The molecule has 0 amide bonds. The van der Waals surface area contributed by atoms with E-state index in [1.54, 1.807) is 0 Å². The number of halogens is 1. The van der Waals surface area contributed by atoms with Crippen LogP contribution < -0.4 is 4.74 Å². The average Bonchev–Trinajstić information content (AvgIpc) is 2.86. The van der Waals surface area contributed by atoms with Crippen LogP contribution in [-0.2, 0) is 13.0 Å². The molecule has 0 unspecified atom stereocenters. The molecule has 0 radical (unpaired) electrons. The van der Waals surface area contributed by atoms with Crippen molar-refractivity contribution in [3.8, 4) is 5.75 Å². The van der Waals surface area contributed by atoms with Gasteiger partial charge in [-0.2, -0.15) is 0 Å². The number of unbranched alkanes of at least 4 members (excludes halogenated alkanes) is 2. The van der Waals surface area contributed by atoms with E-state index in [9.17, 15) is 0 Å². The molecule has 120 valence electrons. The number of hydrogen-bond donors (Lipinski definition) is 0. The lowest BCUT2D eigenvalue weighted by Crippen LogP contribution is -2.02. The van der Waals surface area contributed by atoms with E-state index >= 15 is 0 Å². The van der Waals surface area contributed by atoms with Crippen molar-refractivity contribution < 1.29 is 4.74 Å². The van der Waals surface area contributed by atoms with Crippen LogP contribution >= 0.6 is 11.6 Å². The Morgan fingerprint density at radius 2 is 2.05 bits per heavy atom. The molecule has 0 N–H and O–H groups in total. The van der Waals surface area contributed by atoms with Crippen molar-refractivity contribution in [2.45, 2.75) is 53.0 Å². The largest absolute Gasteiger partial charge is 0.494 e. The number of rotatable bonds is 8. The minimum absolute atomic E-state index is 0.744. The molecule has 0 saturated carbocycles. The summed E-state index contributed by atoms with van der Waals surface area (Å²) < 4.78 is 7.88. The molecule has 0 spiro atoms. The van der Waals surface area contributed by atoms with Crippen molar-refractivity contribution in [1.82, 2.24) is 9.55 Å². The lowest BCUT2D eigenvalue weighted by molar-refractivity contribution is 0.306. The molecule has 22 heavy (non-hydrogen) atoms. The van der Waals surface area contributed by atoms with Crippen LogP contribution in [-0.4, -0.2) is 16.2 Å². The van der Waals surface area contributed by atoms with Gasteiger partial charge in [-0.15, -0.1) is 0 Å². The van der Waals surface area contributed by atoms with E-state index in [0.29, 0.717) is 0 Å². The van der Waals surface area contributed by atoms with E-state index in [1.807, 2.05) is 25.1 Å². The highest BCUT2D eigenvalue weighted by Gasteiger charge is 2.07. The topological polar surface area (TPSA) is 27.1 Å². The van der Waals surface area contributed by atoms with Gasteiger partial charge in [0.2, 0.25) is 0 Å². The number of nitrogens with zero attached hydrogens (tertiary/aromatic N) is 2. The maximum absolute atomic E-state index is 6.40. The molecule has 0 aliphatic rings. The number of aromatic nitrogens is 2. The Bertz CT molecular complexity index is 607. The maximum atomic E-state index is 6.40. The quantitative estimate of drug-likeness (QED) is 0.638. The van der Waals surface area contributed by atoms with Gasteiger partial charge in [0.25, 0.3) is 0 Å². The average molecular weight is 321 g/mol. The monoisotopic (exact) mass is 320 g/mol. The van der Waals surface area contributed by atoms with Crippen LogP contribution in [0, 0.1) is 6.92 Å². The van der Waals surface area contributed by atoms with Gasteiger partial charge >= 0.3 is 0 Å². The van der Waals surface area contributed by atoms with Crippen molar-refractivity contribution >= 4 is 11.6 Å². The number of hydrogen-bond acceptors (Lipinski definition) is 2. The standard InChI is InChI=1S/C18H25ClN2O/c1-4-6-7-10-22-17-9-8-15(18(19)11-17)12-21-13-16(5-2)20-14(21)3/h8-9,11,13H,4-7,10,12H2,1-3H3. The van der Waals surface area contributed by atoms with Gasteiger partial charge in [0, 0.05) is 11.2 Å². The number of aryl methyl sites for hydroxylation is 2. The summed E-state index contributed by atoms with van der Waals surface area (Å²) >= 11 is 6.40. The fraction of sp³-hybridized carbons (Fsp3) is 0.500. The molecular weight excluding hydrogens is 296 g/mol. The van der Waals surface area contributed by atoms with Crippen LogP contribution in [0.25, 0.3) is 0 Å². The first-order chi connectivity index (χ1) is 10.6. The first-order valence-electron chi connectivity index (χ1n) is 8.08. The van der Waals surface area contributed by atoms with Crippen LogP contribution in [0.5, 0.6) is 5.75 Å². The predicted octanol–water partition coefficient (Wildman–Crippen LogP) is 5.02. The fourth-order valence-corrected chi connectivity index (χ4v) is 2.61. The van der Waals surface area contributed by atoms with Gasteiger partial charge in [-0.25, -0.2) is 4.98 Å². The number of imidazole rings is 1. The van der Waals surface area contributed by atoms with Crippen molar-refractivity contribution in [3.63, 3.8) is 0 Å². The molecule has 4 heteroatoms. The Kier molecular flexibility index (Phi) is 6.32. The normalized spacial score (nSPS) is 10.9. The SMILES string of the molecule is CCCCCOc1ccc(Cn2cc(CC)nc2C)c(Cl)c1. The van der Waals surface area contributed by atoms with E-state index in [0.717, 1.165) is 53.8 Å². The Morgan fingerprint density at radius 1 is 1.23 bits per heavy atom.